The number of halogens is 2. The van der Waals surface area contributed by atoms with Crippen molar-refractivity contribution >= 4 is 53.1 Å². The molecule has 0 bridgehead atoms. The lowest BCUT2D eigenvalue weighted by Gasteiger charge is -2.06. The number of fused-ring (bicyclic) bond motifs is 1. The third-order valence-corrected chi connectivity index (χ3v) is 2.24. The summed E-state index contributed by atoms with van der Waals surface area (Å²) in [7, 11) is 0. The first-order chi connectivity index (χ1) is 7.56. The van der Waals surface area contributed by atoms with Gasteiger partial charge in [0.15, 0.2) is 0 Å². The van der Waals surface area contributed by atoms with E-state index in [1.54, 1.807) is 24.3 Å². The second kappa shape index (κ2) is 6.28. The van der Waals surface area contributed by atoms with Gasteiger partial charge in [0, 0.05) is 22.5 Å². The molecule has 0 spiro atoms. The number of nitrogens with one attached hydrogen (secondary N) is 1. The first-order valence-corrected chi connectivity index (χ1v) is 4.79. The molecule has 0 aliphatic carbocycles. The highest BCUT2D eigenvalue weighted by atomic mass is 35.5. The Hall–Kier alpha value is -1.72. The summed E-state index contributed by atoms with van der Waals surface area (Å²) < 4.78 is 0. The van der Waals surface area contributed by atoms with E-state index in [1.165, 1.54) is 0 Å². The van der Waals surface area contributed by atoms with Gasteiger partial charge in [0.25, 0.3) is 0 Å². The molecule has 0 radical (unpaired) electrons. The molecule has 5 N–H and O–H groups in total. The number of aromatic nitrogens is 1. The molecule has 0 fully saturated rings. The molecule has 5 nitrogen and oxygen atoms in total. The fraction of sp³-hybridized carbons (Fsp3) is 0.0909. The van der Waals surface area contributed by atoms with Crippen molar-refractivity contribution in [3.8, 4) is 0 Å². The van der Waals surface area contributed by atoms with Crippen LogP contribution in [0.2, 0.25) is 0 Å². The predicted molar refractivity (Wildman–Crippen MR) is 78.6 cm³/mol. The monoisotopic (exact) mass is 288 g/mol. The number of primary amides is 1. The molecule has 0 saturated carbocycles. The largest absolute Gasteiger partial charge is 0.398 e. The number of rotatable bonds is 1. The van der Waals surface area contributed by atoms with Crippen molar-refractivity contribution in [2.24, 2.45) is 5.73 Å². The summed E-state index contributed by atoms with van der Waals surface area (Å²) in [6.07, 6.45) is 0. The number of nitrogens with zero attached hydrogens (tertiary/aromatic N) is 1. The summed E-state index contributed by atoms with van der Waals surface area (Å²) in [5, 5.41) is 3.30. The van der Waals surface area contributed by atoms with E-state index in [2.05, 4.69) is 10.3 Å². The van der Waals surface area contributed by atoms with E-state index in [1.807, 2.05) is 6.92 Å². The van der Waals surface area contributed by atoms with Gasteiger partial charge in [-0.05, 0) is 31.2 Å². The molecule has 0 aliphatic rings. The van der Waals surface area contributed by atoms with E-state index in [0.717, 1.165) is 16.6 Å². The van der Waals surface area contributed by atoms with Gasteiger partial charge in [-0.2, -0.15) is 0 Å². The molecule has 2 aromatic rings. The van der Waals surface area contributed by atoms with E-state index in [-0.39, 0.29) is 24.8 Å². The molecule has 1 heterocycles. The maximum Gasteiger partial charge on any atom is 0.316 e. The van der Waals surface area contributed by atoms with Crippen LogP contribution in [-0.2, 0) is 0 Å². The zero-order chi connectivity index (χ0) is 11.7. The summed E-state index contributed by atoms with van der Waals surface area (Å²) in [5.41, 5.74) is 13.8. The number of hydrogen-bond donors (Lipinski definition) is 3. The minimum absolute atomic E-state index is 0. The Morgan fingerprint density at radius 2 is 1.94 bits per heavy atom. The van der Waals surface area contributed by atoms with Crippen LogP contribution in [0, 0.1) is 6.92 Å². The summed E-state index contributed by atoms with van der Waals surface area (Å²) in [4.78, 5) is 15.0. The summed E-state index contributed by atoms with van der Waals surface area (Å²) in [6, 6.07) is 6.47. The molecule has 0 saturated heterocycles. The normalized spacial score (nSPS) is 9.17. The number of benzene rings is 1. The van der Waals surface area contributed by atoms with Gasteiger partial charge >= 0.3 is 6.03 Å². The van der Waals surface area contributed by atoms with Crippen LogP contribution < -0.4 is 16.8 Å². The standard InChI is InChI=1S/C11H12N4O.2ClH/c1-6-4-9(12)8-5-7(15-11(13)16)2-3-10(8)14-6;;/h2-5H,1H3,(H2,12,14)(H3,13,15,16);2*1H. The van der Waals surface area contributed by atoms with Gasteiger partial charge in [-0.3, -0.25) is 4.98 Å². The molecule has 0 unspecified atom stereocenters. The Morgan fingerprint density at radius 3 is 2.56 bits per heavy atom. The van der Waals surface area contributed by atoms with Crippen molar-refractivity contribution < 1.29 is 4.79 Å². The maximum atomic E-state index is 10.7. The Balaban J connectivity index is 0.00000144. The van der Waals surface area contributed by atoms with Gasteiger partial charge in [0.05, 0.1) is 5.52 Å². The predicted octanol–water partition coefficient (Wildman–Crippen LogP) is 2.46. The summed E-state index contributed by atoms with van der Waals surface area (Å²) in [5.74, 6) is 0. The minimum Gasteiger partial charge on any atom is -0.398 e. The second-order valence-electron chi connectivity index (χ2n) is 3.57. The second-order valence-corrected chi connectivity index (χ2v) is 3.57. The summed E-state index contributed by atoms with van der Waals surface area (Å²) >= 11 is 0. The highest BCUT2D eigenvalue weighted by Gasteiger charge is 2.03. The highest BCUT2D eigenvalue weighted by molar-refractivity contribution is 5.96. The molecule has 18 heavy (non-hydrogen) atoms. The number of hydrogen-bond acceptors (Lipinski definition) is 3. The molecular formula is C11H14Cl2N4O. The Morgan fingerprint density at radius 1 is 1.28 bits per heavy atom. The van der Waals surface area contributed by atoms with E-state index in [4.69, 9.17) is 11.5 Å². The molecule has 98 valence electrons. The SMILES string of the molecule is Cc1cc(N)c2cc(NC(N)=O)ccc2n1.Cl.Cl. The topological polar surface area (TPSA) is 94.0 Å². The van der Waals surface area contributed by atoms with Crippen LogP contribution in [0.4, 0.5) is 16.2 Å². The van der Waals surface area contributed by atoms with Gasteiger partial charge in [-0.25, -0.2) is 4.79 Å². The zero-order valence-corrected chi connectivity index (χ0v) is 11.3. The smallest absolute Gasteiger partial charge is 0.316 e. The van der Waals surface area contributed by atoms with Crippen LogP contribution in [0.3, 0.4) is 0 Å². The molecule has 0 atom stereocenters. The number of nitrogen functional groups attached to an aromatic ring is 1. The van der Waals surface area contributed by atoms with Gasteiger partial charge in [-0.1, -0.05) is 0 Å². The van der Waals surface area contributed by atoms with E-state index in [0.29, 0.717) is 11.4 Å². The third kappa shape index (κ3) is 3.38. The Kier molecular flexibility index (Phi) is 5.68. The molecule has 0 aliphatic heterocycles. The van der Waals surface area contributed by atoms with Gasteiger partial charge in [-0.15, -0.1) is 24.8 Å². The van der Waals surface area contributed by atoms with E-state index >= 15 is 0 Å². The number of carbonyl (C=O) groups is 1. The van der Waals surface area contributed by atoms with E-state index in [9.17, 15) is 4.79 Å². The number of pyridine rings is 1. The van der Waals surface area contributed by atoms with Crippen LogP contribution in [0.15, 0.2) is 24.3 Å². The van der Waals surface area contributed by atoms with Gasteiger partial charge < -0.3 is 16.8 Å². The number of aryl methyl sites for hydroxylation is 1. The van der Waals surface area contributed by atoms with Crippen LogP contribution in [0.5, 0.6) is 0 Å². The number of nitrogens with two attached hydrogens (primary N) is 2. The number of amides is 2. The lowest BCUT2D eigenvalue weighted by Crippen LogP contribution is -2.19. The fourth-order valence-electron chi connectivity index (χ4n) is 1.61. The summed E-state index contributed by atoms with van der Waals surface area (Å²) in [6.45, 7) is 1.88. The molecular weight excluding hydrogens is 275 g/mol. The van der Waals surface area contributed by atoms with Crippen molar-refractivity contribution in [1.29, 1.82) is 0 Å². The van der Waals surface area contributed by atoms with Gasteiger partial charge in [0.1, 0.15) is 0 Å². The first kappa shape index (κ1) is 16.3. The lowest BCUT2D eigenvalue weighted by atomic mass is 10.1. The molecule has 2 amide bonds. The lowest BCUT2D eigenvalue weighted by molar-refractivity contribution is 0.259. The number of carbonyl (C=O) groups excluding carboxylic acids is 1. The fourth-order valence-corrected chi connectivity index (χ4v) is 1.61. The Bertz CT molecular complexity index is 574. The zero-order valence-electron chi connectivity index (χ0n) is 9.64. The van der Waals surface area contributed by atoms with Gasteiger partial charge in [0.2, 0.25) is 0 Å². The van der Waals surface area contributed by atoms with Crippen LogP contribution >= 0.6 is 24.8 Å². The van der Waals surface area contributed by atoms with Crippen molar-refractivity contribution in [3.63, 3.8) is 0 Å². The third-order valence-electron chi connectivity index (χ3n) is 2.24. The minimum atomic E-state index is -0.599. The van der Waals surface area contributed by atoms with Crippen LogP contribution in [0.25, 0.3) is 10.9 Å². The average molecular weight is 289 g/mol. The quantitative estimate of drug-likeness (QED) is 0.752. The maximum absolute atomic E-state index is 10.7. The first-order valence-electron chi connectivity index (χ1n) is 4.79. The average Bonchev–Trinajstić information content (AvgIpc) is 2.18. The number of anilines is 2. The van der Waals surface area contributed by atoms with Crippen LogP contribution in [0.1, 0.15) is 5.69 Å². The molecule has 1 aromatic carbocycles. The highest BCUT2D eigenvalue weighted by Crippen LogP contribution is 2.23. The number of urea groups is 1. The van der Waals surface area contributed by atoms with Crippen molar-refractivity contribution in [2.45, 2.75) is 6.92 Å². The molecule has 7 heteroatoms. The van der Waals surface area contributed by atoms with Crippen molar-refractivity contribution in [3.05, 3.63) is 30.0 Å². The van der Waals surface area contributed by atoms with Crippen LogP contribution in [-0.4, -0.2) is 11.0 Å². The van der Waals surface area contributed by atoms with E-state index < -0.39 is 6.03 Å². The Labute approximate surface area is 117 Å². The molecule has 2 rings (SSSR count). The molecule has 1 aromatic heterocycles. The van der Waals surface area contributed by atoms with Crippen molar-refractivity contribution in [2.75, 3.05) is 11.1 Å². The van der Waals surface area contributed by atoms with Crippen molar-refractivity contribution in [1.82, 2.24) is 4.98 Å².